The van der Waals surface area contributed by atoms with Gasteiger partial charge in [-0.3, -0.25) is 0 Å². The molecule has 1 aromatic carbocycles. The minimum atomic E-state index is -0.463. The largest absolute Gasteiger partial charge is 0.396 e. The monoisotopic (exact) mass is 270 g/mol. The molecule has 1 rings (SSSR count). The number of hydrogen-bond donors (Lipinski definition) is 3. The average molecular weight is 271 g/mol. The molecule has 0 aliphatic carbocycles. The maximum absolute atomic E-state index is 11.8. The van der Waals surface area contributed by atoms with E-state index < -0.39 is 5.54 Å². The van der Waals surface area contributed by atoms with Crippen molar-refractivity contribution in [1.82, 2.24) is 5.32 Å². The number of hydrogen-bond acceptors (Lipinski definition) is 2. The molecule has 0 aliphatic heterocycles. The molecule has 18 heavy (non-hydrogen) atoms. The average Bonchev–Trinajstić information content (AvgIpc) is 2.22. The summed E-state index contributed by atoms with van der Waals surface area (Å²) in [4.78, 5) is 11.8. The van der Waals surface area contributed by atoms with Crippen LogP contribution in [-0.2, 0) is 0 Å². The molecule has 0 heterocycles. The molecule has 2 amide bonds. The molecule has 0 saturated heterocycles. The summed E-state index contributed by atoms with van der Waals surface area (Å²) in [6, 6.07) is 5.09. The van der Waals surface area contributed by atoms with Gasteiger partial charge in [0.2, 0.25) is 0 Å². The van der Waals surface area contributed by atoms with Gasteiger partial charge in [-0.25, -0.2) is 4.79 Å². The number of carbonyl (C=O) groups is 1. The van der Waals surface area contributed by atoms with Crippen LogP contribution in [0.1, 0.15) is 25.8 Å². The second-order valence-corrected chi connectivity index (χ2v) is 5.33. The van der Waals surface area contributed by atoms with E-state index in [0.29, 0.717) is 17.1 Å². The zero-order valence-electron chi connectivity index (χ0n) is 10.9. The van der Waals surface area contributed by atoms with Crippen molar-refractivity contribution in [2.24, 2.45) is 0 Å². The highest BCUT2D eigenvalue weighted by Crippen LogP contribution is 2.22. The van der Waals surface area contributed by atoms with Gasteiger partial charge < -0.3 is 15.7 Å². The lowest BCUT2D eigenvalue weighted by Crippen LogP contribution is -2.46. The van der Waals surface area contributed by atoms with Gasteiger partial charge in [0.05, 0.1) is 10.7 Å². The molecule has 0 unspecified atom stereocenters. The Morgan fingerprint density at radius 3 is 2.72 bits per heavy atom. The fourth-order valence-corrected chi connectivity index (χ4v) is 1.70. The Labute approximate surface area is 112 Å². The Morgan fingerprint density at radius 1 is 1.44 bits per heavy atom. The number of halogens is 1. The number of benzene rings is 1. The Balaban J connectivity index is 2.67. The summed E-state index contributed by atoms with van der Waals surface area (Å²) >= 11 is 5.99. The Bertz CT molecular complexity index is 433. The van der Waals surface area contributed by atoms with Crippen LogP contribution in [0.25, 0.3) is 0 Å². The quantitative estimate of drug-likeness (QED) is 0.788. The fraction of sp³-hybridized carbons (Fsp3) is 0.462. The first-order valence-corrected chi connectivity index (χ1v) is 6.18. The summed E-state index contributed by atoms with van der Waals surface area (Å²) in [7, 11) is 0. The van der Waals surface area contributed by atoms with E-state index >= 15 is 0 Å². The standard InChI is InChI=1S/C13H19ClN2O2/c1-9-4-5-10(14)11(8-9)15-12(18)16-13(2,3)6-7-17/h4-5,8,17H,6-7H2,1-3H3,(H2,15,16,18). The molecule has 0 bridgehead atoms. The Hall–Kier alpha value is -1.26. The van der Waals surface area contributed by atoms with Crippen molar-refractivity contribution in [3.05, 3.63) is 28.8 Å². The van der Waals surface area contributed by atoms with Crippen molar-refractivity contribution in [2.45, 2.75) is 32.7 Å². The van der Waals surface area contributed by atoms with E-state index in [-0.39, 0.29) is 12.6 Å². The molecule has 0 aromatic heterocycles. The summed E-state index contributed by atoms with van der Waals surface area (Å²) in [5.41, 5.74) is 1.13. The lowest BCUT2D eigenvalue weighted by molar-refractivity contribution is 0.218. The SMILES string of the molecule is Cc1ccc(Cl)c(NC(=O)NC(C)(C)CCO)c1. The van der Waals surface area contributed by atoms with E-state index in [1.807, 2.05) is 26.8 Å². The lowest BCUT2D eigenvalue weighted by atomic mass is 10.0. The first-order chi connectivity index (χ1) is 8.34. The lowest BCUT2D eigenvalue weighted by Gasteiger charge is -2.25. The zero-order valence-corrected chi connectivity index (χ0v) is 11.6. The van der Waals surface area contributed by atoms with Gasteiger partial charge in [0.1, 0.15) is 0 Å². The summed E-state index contributed by atoms with van der Waals surface area (Å²) in [5.74, 6) is 0. The van der Waals surface area contributed by atoms with Crippen LogP contribution in [0, 0.1) is 6.92 Å². The molecule has 3 N–H and O–H groups in total. The number of rotatable bonds is 4. The van der Waals surface area contributed by atoms with Crippen LogP contribution >= 0.6 is 11.6 Å². The second kappa shape index (κ2) is 6.07. The van der Waals surface area contributed by atoms with Crippen LogP contribution in [0.5, 0.6) is 0 Å². The van der Waals surface area contributed by atoms with E-state index in [1.54, 1.807) is 12.1 Å². The second-order valence-electron chi connectivity index (χ2n) is 4.92. The van der Waals surface area contributed by atoms with E-state index in [9.17, 15) is 4.79 Å². The number of aliphatic hydroxyl groups excluding tert-OH is 1. The molecule has 4 nitrogen and oxygen atoms in total. The van der Waals surface area contributed by atoms with Gasteiger partial charge >= 0.3 is 6.03 Å². The first kappa shape index (κ1) is 14.8. The van der Waals surface area contributed by atoms with Crippen LogP contribution in [-0.4, -0.2) is 23.3 Å². The molecule has 5 heteroatoms. The zero-order chi connectivity index (χ0) is 13.8. The van der Waals surface area contributed by atoms with Crippen molar-refractivity contribution in [2.75, 3.05) is 11.9 Å². The maximum atomic E-state index is 11.8. The number of aryl methyl sites for hydroxylation is 1. The number of anilines is 1. The molecule has 0 fully saturated rings. The van der Waals surface area contributed by atoms with E-state index in [1.165, 1.54) is 0 Å². The third-order valence-corrected chi connectivity index (χ3v) is 2.89. The van der Waals surface area contributed by atoms with Crippen LogP contribution in [0.3, 0.4) is 0 Å². The van der Waals surface area contributed by atoms with Gasteiger partial charge in [-0.2, -0.15) is 0 Å². The van der Waals surface area contributed by atoms with Gasteiger partial charge in [-0.05, 0) is 44.9 Å². The van der Waals surface area contributed by atoms with Crippen LogP contribution < -0.4 is 10.6 Å². The number of aliphatic hydroxyl groups is 1. The van der Waals surface area contributed by atoms with E-state index in [0.717, 1.165) is 5.56 Å². The fourth-order valence-electron chi connectivity index (χ4n) is 1.54. The van der Waals surface area contributed by atoms with E-state index in [4.69, 9.17) is 16.7 Å². The summed E-state index contributed by atoms with van der Waals surface area (Å²) < 4.78 is 0. The highest BCUT2D eigenvalue weighted by molar-refractivity contribution is 6.33. The maximum Gasteiger partial charge on any atom is 0.319 e. The topological polar surface area (TPSA) is 61.4 Å². The first-order valence-electron chi connectivity index (χ1n) is 5.80. The molecule has 0 spiro atoms. The number of carbonyl (C=O) groups excluding carboxylic acids is 1. The predicted molar refractivity (Wildman–Crippen MR) is 74.1 cm³/mol. The summed E-state index contributed by atoms with van der Waals surface area (Å²) in [5, 5.41) is 14.9. The van der Waals surface area contributed by atoms with Crippen molar-refractivity contribution < 1.29 is 9.90 Å². The minimum absolute atomic E-state index is 0.0263. The van der Waals surface area contributed by atoms with Crippen LogP contribution in [0.2, 0.25) is 5.02 Å². The smallest absolute Gasteiger partial charge is 0.319 e. The third-order valence-electron chi connectivity index (χ3n) is 2.56. The van der Waals surface area contributed by atoms with Crippen molar-refractivity contribution >= 4 is 23.3 Å². The number of nitrogens with one attached hydrogen (secondary N) is 2. The van der Waals surface area contributed by atoms with Crippen molar-refractivity contribution in [3.63, 3.8) is 0 Å². The third kappa shape index (κ3) is 4.55. The highest BCUT2D eigenvalue weighted by atomic mass is 35.5. The molecule has 1 aromatic rings. The van der Waals surface area contributed by atoms with Crippen molar-refractivity contribution in [3.8, 4) is 0 Å². The number of amides is 2. The number of urea groups is 1. The van der Waals surface area contributed by atoms with Gasteiger partial charge in [0.25, 0.3) is 0 Å². The molecular weight excluding hydrogens is 252 g/mol. The molecule has 0 atom stereocenters. The molecule has 0 saturated carbocycles. The normalized spacial score (nSPS) is 11.2. The predicted octanol–water partition coefficient (Wildman–Crippen LogP) is 2.93. The molecule has 0 radical (unpaired) electrons. The van der Waals surface area contributed by atoms with E-state index in [2.05, 4.69) is 10.6 Å². The summed E-state index contributed by atoms with van der Waals surface area (Å²) in [6.45, 7) is 5.65. The Kier molecular flexibility index (Phi) is 4.99. The Morgan fingerprint density at radius 2 is 2.11 bits per heavy atom. The molecular formula is C13H19ClN2O2. The highest BCUT2D eigenvalue weighted by Gasteiger charge is 2.19. The minimum Gasteiger partial charge on any atom is -0.396 e. The van der Waals surface area contributed by atoms with Gasteiger partial charge in [0, 0.05) is 12.1 Å². The molecule has 0 aliphatic rings. The van der Waals surface area contributed by atoms with Gasteiger partial charge in [-0.1, -0.05) is 17.7 Å². The van der Waals surface area contributed by atoms with Gasteiger partial charge in [0.15, 0.2) is 0 Å². The van der Waals surface area contributed by atoms with Crippen LogP contribution in [0.15, 0.2) is 18.2 Å². The molecule has 100 valence electrons. The van der Waals surface area contributed by atoms with Crippen LogP contribution in [0.4, 0.5) is 10.5 Å². The van der Waals surface area contributed by atoms with Crippen molar-refractivity contribution in [1.29, 1.82) is 0 Å². The van der Waals surface area contributed by atoms with Gasteiger partial charge in [-0.15, -0.1) is 0 Å². The summed E-state index contributed by atoms with van der Waals surface area (Å²) in [6.07, 6.45) is 0.488.